The van der Waals surface area contributed by atoms with Crippen molar-refractivity contribution in [3.8, 4) is 0 Å². The lowest BCUT2D eigenvalue weighted by Crippen LogP contribution is -2.39. The molecule has 5 heteroatoms. The van der Waals surface area contributed by atoms with Gasteiger partial charge in [-0.15, -0.1) is 0 Å². The van der Waals surface area contributed by atoms with Gasteiger partial charge in [0.2, 0.25) is 0 Å². The molecule has 0 spiro atoms. The Morgan fingerprint density at radius 3 is 2.65 bits per heavy atom. The maximum absolute atomic E-state index is 13.1. The van der Waals surface area contributed by atoms with Gasteiger partial charge in [-0.2, -0.15) is 0 Å². The predicted octanol–water partition coefficient (Wildman–Crippen LogP) is 3.60. The maximum atomic E-state index is 13.1. The number of benzene rings is 1. The van der Waals surface area contributed by atoms with Gasteiger partial charge in [0.25, 0.3) is 11.8 Å². The average molecular weight is 356 g/mol. The van der Waals surface area contributed by atoms with Crippen LogP contribution in [0, 0.1) is 5.92 Å². The van der Waals surface area contributed by atoms with E-state index in [1.54, 1.807) is 6.07 Å². The molecule has 2 heterocycles. The lowest BCUT2D eigenvalue weighted by molar-refractivity contribution is -0.124. The zero-order valence-electron chi connectivity index (χ0n) is 15.3. The fourth-order valence-corrected chi connectivity index (χ4v) is 4.78. The summed E-state index contributed by atoms with van der Waals surface area (Å²) in [7, 11) is 0. The van der Waals surface area contributed by atoms with Crippen molar-refractivity contribution in [1.82, 2.24) is 4.90 Å². The molecule has 2 amide bonds. The van der Waals surface area contributed by atoms with Crippen LogP contribution in [0.25, 0.3) is 0 Å². The first kappa shape index (κ1) is 17.5. The summed E-state index contributed by atoms with van der Waals surface area (Å²) < 4.78 is 5.43. The van der Waals surface area contributed by atoms with Gasteiger partial charge in [-0.25, -0.2) is 0 Å². The summed E-state index contributed by atoms with van der Waals surface area (Å²) in [6.45, 7) is 1.50. The molecule has 0 bridgehead atoms. The van der Waals surface area contributed by atoms with Gasteiger partial charge in [0, 0.05) is 30.4 Å². The molecular formula is C21H28N2O3. The van der Waals surface area contributed by atoms with Crippen molar-refractivity contribution in [3.63, 3.8) is 0 Å². The largest absolute Gasteiger partial charge is 0.368 e. The molecule has 140 valence electrons. The number of carbonyl (C=O) groups is 2. The summed E-state index contributed by atoms with van der Waals surface area (Å²) in [6, 6.07) is 7.74. The van der Waals surface area contributed by atoms with Crippen LogP contribution >= 0.6 is 0 Å². The highest BCUT2D eigenvalue weighted by molar-refractivity contribution is 5.98. The number of carbonyl (C=O) groups excluding carboxylic acids is 2. The van der Waals surface area contributed by atoms with Crippen molar-refractivity contribution in [2.45, 2.75) is 63.5 Å². The van der Waals surface area contributed by atoms with Crippen LogP contribution in [-0.2, 0) is 9.53 Å². The number of ether oxygens (including phenoxy) is 1. The lowest BCUT2D eigenvalue weighted by atomic mass is 9.95. The third kappa shape index (κ3) is 3.63. The van der Waals surface area contributed by atoms with Gasteiger partial charge in [0.1, 0.15) is 6.10 Å². The van der Waals surface area contributed by atoms with E-state index in [0.29, 0.717) is 29.8 Å². The zero-order chi connectivity index (χ0) is 17.9. The van der Waals surface area contributed by atoms with Crippen LogP contribution in [0.4, 0.5) is 5.69 Å². The number of nitrogens with one attached hydrogen (secondary N) is 1. The van der Waals surface area contributed by atoms with Crippen molar-refractivity contribution in [2.24, 2.45) is 5.92 Å². The van der Waals surface area contributed by atoms with E-state index in [1.807, 2.05) is 18.2 Å². The molecule has 2 saturated heterocycles. The summed E-state index contributed by atoms with van der Waals surface area (Å²) in [6.07, 6.45) is 8.67. The summed E-state index contributed by atoms with van der Waals surface area (Å²) >= 11 is 0. The van der Waals surface area contributed by atoms with Crippen molar-refractivity contribution in [3.05, 3.63) is 29.8 Å². The van der Waals surface area contributed by atoms with Gasteiger partial charge in [0.05, 0.1) is 0 Å². The lowest BCUT2D eigenvalue weighted by Gasteiger charge is -2.29. The van der Waals surface area contributed by atoms with Crippen LogP contribution in [0.2, 0.25) is 0 Å². The molecule has 4 rings (SSSR count). The maximum Gasteiger partial charge on any atom is 0.254 e. The van der Waals surface area contributed by atoms with Gasteiger partial charge in [0.15, 0.2) is 0 Å². The van der Waals surface area contributed by atoms with Gasteiger partial charge in [-0.1, -0.05) is 18.9 Å². The Balaban J connectivity index is 1.45. The van der Waals surface area contributed by atoms with Crippen LogP contribution in [0.1, 0.15) is 61.7 Å². The molecule has 0 unspecified atom stereocenters. The molecule has 3 fully saturated rings. The minimum Gasteiger partial charge on any atom is -0.368 e. The summed E-state index contributed by atoms with van der Waals surface area (Å²) in [5.41, 5.74) is 1.34. The normalized spacial score (nSPS) is 26.4. The summed E-state index contributed by atoms with van der Waals surface area (Å²) in [4.78, 5) is 27.4. The second-order valence-electron chi connectivity index (χ2n) is 7.82. The van der Waals surface area contributed by atoms with Crippen molar-refractivity contribution in [2.75, 3.05) is 18.5 Å². The highest BCUT2D eigenvalue weighted by Gasteiger charge is 2.36. The number of rotatable bonds is 4. The number of hydrogen-bond donors (Lipinski definition) is 1. The smallest absolute Gasteiger partial charge is 0.254 e. The molecule has 26 heavy (non-hydrogen) atoms. The van der Waals surface area contributed by atoms with E-state index in [-0.39, 0.29) is 17.9 Å². The molecular weight excluding hydrogens is 328 g/mol. The Hall–Kier alpha value is -1.88. The van der Waals surface area contributed by atoms with E-state index in [2.05, 4.69) is 10.2 Å². The number of hydrogen-bond acceptors (Lipinski definition) is 3. The third-order valence-corrected chi connectivity index (χ3v) is 6.10. The molecule has 1 aromatic carbocycles. The van der Waals surface area contributed by atoms with Crippen LogP contribution in [0.3, 0.4) is 0 Å². The monoisotopic (exact) mass is 356 g/mol. The minimum atomic E-state index is -0.361. The second-order valence-corrected chi connectivity index (χ2v) is 7.82. The molecule has 3 aliphatic rings. The van der Waals surface area contributed by atoms with Gasteiger partial charge in [-0.05, 0) is 62.6 Å². The standard InChI is InChI=1S/C21H28N2O3/c24-20(19-11-5-13-26-19)22-17-9-3-8-16(14-17)21(25)23-12-4-10-18(23)15-6-1-2-7-15/h3,8-9,14-15,18-19H,1-2,4-7,10-13H2,(H,22,24)/t18-,19-/m1/s1. The fourth-order valence-electron chi connectivity index (χ4n) is 4.78. The number of anilines is 1. The first-order valence-electron chi connectivity index (χ1n) is 10.1. The van der Waals surface area contributed by atoms with E-state index in [4.69, 9.17) is 4.74 Å². The zero-order valence-corrected chi connectivity index (χ0v) is 15.3. The van der Waals surface area contributed by atoms with Gasteiger partial charge < -0.3 is 15.0 Å². The molecule has 1 aliphatic carbocycles. The van der Waals surface area contributed by atoms with Crippen molar-refractivity contribution >= 4 is 17.5 Å². The van der Waals surface area contributed by atoms with E-state index in [1.165, 1.54) is 25.7 Å². The Morgan fingerprint density at radius 1 is 1.04 bits per heavy atom. The quantitative estimate of drug-likeness (QED) is 0.897. The van der Waals surface area contributed by atoms with Crippen LogP contribution < -0.4 is 5.32 Å². The first-order chi connectivity index (χ1) is 12.7. The summed E-state index contributed by atoms with van der Waals surface area (Å²) in [5.74, 6) is 0.661. The number of nitrogens with zero attached hydrogens (tertiary/aromatic N) is 1. The Labute approximate surface area is 155 Å². The molecule has 2 aliphatic heterocycles. The van der Waals surface area contributed by atoms with E-state index < -0.39 is 0 Å². The van der Waals surface area contributed by atoms with E-state index >= 15 is 0 Å². The average Bonchev–Trinajstić information content (AvgIpc) is 3.43. The summed E-state index contributed by atoms with van der Waals surface area (Å²) in [5, 5.41) is 2.90. The van der Waals surface area contributed by atoms with E-state index in [0.717, 1.165) is 32.2 Å². The molecule has 1 saturated carbocycles. The predicted molar refractivity (Wildman–Crippen MR) is 100 cm³/mol. The Morgan fingerprint density at radius 2 is 1.88 bits per heavy atom. The van der Waals surface area contributed by atoms with Crippen LogP contribution in [0.5, 0.6) is 0 Å². The molecule has 1 N–H and O–H groups in total. The van der Waals surface area contributed by atoms with Crippen LogP contribution in [0.15, 0.2) is 24.3 Å². The van der Waals surface area contributed by atoms with Crippen LogP contribution in [-0.4, -0.2) is 42.0 Å². The second kappa shape index (κ2) is 7.78. The molecule has 0 aromatic heterocycles. The topological polar surface area (TPSA) is 58.6 Å². The Kier molecular flexibility index (Phi) is 5.25. The van der Waals surface area contributed by atoms with Gasteiger partial charge >= 0.3 is 0 Å². The fraction of sp³-hybridized carbons (Fsp3) is 0.619. The van der Waals surface area contributed by atoms with E-state index in [9.17, 15) is 9.59 Å². The van der Waals surface area contributed by atoms with Gasteiger partial charge in [-0.3, -0.25) is 9.59 Å². The number of likely N-dealkylation sites (tertiary alicyclic amines) is 1. The third-order valence-electron chi connectivity index (χ3n) is 6.10. The highest BCUT2D eigenvalue weighted by atomic mass is 16.5. The molecule has 1 aromatic rings. The Bertz CT molecular complexity index is 663. The van der Waals surface area contributed by atoms with Crippen molar-refractivity contribution in [1.29, 1.82) is 0 Å². The minimum absolute atomic E-state index is 0.104. The highest BCUT2D eigenvalue weighted by Crippen LogP contribution is 2.36. The SMILES string of the molecule is O=C(Nc1cccc(C(=O)N2CCC[C@@H]2C2CCCC2)c1)[C@H]1CCCO1. The number of amides is 2. The molecule has 2 atom stereocenters. The molecule has 0 radical (unpaired) electrons. The first-order valence-corrected chi connectivity index (χ1v) is 10.1. The molecule has 5 nitrogen and oxygen atoms in total. The van der Waals surface area contributed by atoms with Crippen molar-refractivity contribution < 1.29 is 14.3 Å².